The predicted molar refractivity (Wildman–Crippen MR) is 93.6 cm³/mol. The summed E-state index contributed by atoms with van der Waals surface area (Å²) in [5, 5.41) is 2.73. The van der Waals surface area contributed by atoms with E-state index in [9.17, 15) is 9.59 Å². The second-order valence-corrected chi connectivity index (χ2v) is 6.44. The van der Waals surface area contributed by atoms with E-state index in [0.717, 1.165) is 5.56 Å². The van der Waals surface area contributed by atoms with Crippen molar-refractivity contribution in [1.82, 2.24) is 4.90 Å². The van der Waals surface area contributed by atoms with Crippen LogP contribution in [0.25, 0.3) is 0 Å². The SMILES string of the molecule is N[C@@H]1CN(C(=O)c2ccc3c(c2)NC(=O)CO3)C[C@H]1c1ccccc1. The van der Waals surface area contributed by atoms with Crippen LogP contribution in [0, 0.1) is 0 Å². The lowest BCUT2D eigenvalue weighted by Gasteiger charge is -2.20. The number of fused-ring (bicyclic) bond motifs is 1. The van der Waals surface area contributed by atoms with E-state index in [0.29, 0.717) is 30.1 Å². The Hall–Kier alpha value is -2.86. The molecule has 2 heterocycles. The highest BCUT2D eigenvalue weighted by molar-refractivity contribution is 6.00. The highest BCUT2D eigenvalue weighted by atomic mass is 16.5. The van der Waals surface area contributed by atoms with Crippen molar-refractivity contribution in [2.75, 3.05) is 25.0 Å². The van der Waals surface area contributed by atoms with Crippen molar-refractivity contribution in [2.24, 2.45) is 5.73 Å². The number of likely N-dealkylation sites (tertiary alicyclic amines) is 1. The molecule has 1 saturated heterocycles. The Morgan fingerprint density at radius 1 is 1.16 bits per heavy atom. The molecule has 4 rings (SSSR count). The molecule has 6 heteroatoms. The summed E-state index contributed by atoms with van der Waals surface area (Å²) in [6, 6.07) is 15.0. The Morgan fingerprint density at radius 2 is 1.96 bits per heavy atom. The van der Waals surface area contributed by atoms with Crippen molar-refractivity contribution >= 4 is 17.5 Å². The lowest BCUT2D eigenvalue weighted by Crippen LogP contribution is -2.32. The number of hydrogen-bond donors (Lipinski definition) is 2. The summed E-state index contributed by atoms with van der Waals surface area (Å²) < 4.78 is 5.33. The lowest BCUT2D eigenvalue weighted by molar-refractivity contribution is -0.118. The summed E-state index contributed by atoms with van der Waals surface area (Å²) >= 11 is 0. The van der Waals surface area contributed by atoms with E-state index in [1.165, 1.54) is 0 Å². The van der Waals surface area contributed by atoms with Crippen LogP contribution in [0.1, 0.15) is 21.8 Å². The number of anilines is 1. The van der Waals surface area contributed by atoms with Crippen molar-refractivity contribution in [3.05, 3.63) is 59.7 Å². The normalized spacial score (nSPS) is 22.1. The van der Waals surface area contributed by atoms with Crippen molar-refractivity contribution < 1.29 is 14.3 Å². The molecule has 2 aromatic rings. The van der Waals surface area contributed by atoms with Gasteiger partial charge in [-0.1, -0.05) is 30.3 Å². The van der Waals surface area contributed by atoms with Crippen molar-refractivity contribution in [3.63, 3.8) is 0 Å². The third-order valence-corrected chi connectivity index (χ3v) is 4.74. The van der Waals surface area contributed by atoms with Gasteiger partial charge in [0.25, 0.3) is 11.8 Å². The summed E-state index contributed by atoms with van der Waals surface area (Å²) in [6.07, 6.45) is 0. The summed E-state index contributed by atoms with van der Waals surface area (Å²) in [7, 11) is 0. The quantitative estimate of drug-likeness (QED) is 0.871. The van der Waals surface area contributed by atoms with E-state index in [2.05, 4.69) is 5.32 Å². The van der Waals surface area contributed by atoms with E-state index in [1.807, 2.05) is 30.3 Å². The molecule has 0 radical (unpaired) electrons. The smallest absolute Gasteiger partial charge is 0.262 e. The zero-order chi connectivity index (χ0) is 17.4. The summed E-state index contributed by atoms with van der Waals surface area (Å²) in [5.74, 6) is 0.406. The fraction of sp³-hybridized carbons (Fsp3) is 0.263. The standard InChI is InChI=1S/C19H19N3O3/c20-15-10-22(9-14(15)12-4-2-1-3-5-12)19(24)13-6-7-17-16(8-13)21-18(23)11-25-17/h1-8,14-15H,9-11,20H2,(H,21,23)/t14-,15+/m0/s1. The van der Waals surface area contributed by atoms with Gasteiger partial charge in [0.2, 0.25) is 0 Å². The van der Waals surface area contributed by atoms with E-state index in [1.54, 1.807) is 23.1 Å². The zero-order valence-corrected chi connectivity index (χ0v) is 13.6. The molecule has 3 N–H and O–H groups in total. The topological polar surface area (TPSA) is 84.7 Å². The van der Waals surface area contributed by atoms with Gasteiger partial charge in [0.1, 0.15) is 5.75 Å². The molecular weight excluding hydrogens is 318 g/mol. The molecule has 0 aromatic heterocycles. The number of benzene rings is 2. The first-order chi connectivity index (χ1) is 12.1. The molecular formula is C19H19N3O3. The van der Waals surface area contributed by atoms with E-state index < -0.39 is 0 Å². The van der Waals surface area contributed by atoms with Gasteiger partial charge in [-0.15, -0.1) is 0 Å². The molecule has 2 atom stereocenters. The second-order valence-electron chi connectivity index (χ2n) is 6.44. The minimum Gasteiger partial charge on any atom is -0.482 e. The number of amides is 2. The van der Waals surface area contributed by atoms with Crippen LogP contribution in [-0.2, 0) is 4.79 Å². The highest BCUT2D eigenvalue weighted by Crippen LogP contribution is 2.31. The summed E-state index contributed by atoms with van der Waals surface area (Å²) in [4.78, 5) is 26.1. The maximum absolute atomic E-state index is 12.9. The maximum Gasteiger partial charge on any atom is 0.262 e. The van der Waals surface area contributed by atoms with Crippen LogP contribution in [0.4, 0.5) is 5.69 Å². The Balaban J connectivity index is 1.54. The van der Waals surface area contributed by atoms with Gasteiger partial charge in [-0.25, -0.2) is 0 Å². The first-order valence-corrected chi connectivity index (χ1v) is 8.28. The Bertz CT molecular complexity index is 822. The largest absolute Gasteiger partial charge is 0.482 e. The Labute approximate surface area is 145 Å². The Morgan fingerprint density at radius 3 is 2.76 bits per heavy atom. The van der Waals surface area contributed by atoms with Gasteiger partial charge >= 0.3 is 0 Å². The fourth-order valence-electron chi connectivity index (χ4n) is 3.45. The molecule has 25 heavy (non-hydrogen) atoms. The van der Waals surface area contributed by atoms with Crippen LogP contribution in [0.5, 0.6) is 5.75 Å². The van der Waals surface area contributed by atoms with Crippen molar-refractivity contribution in [2.45, 2.75) is 12.0 Å². The molecule has 0 bridgehead atoms. The van der Waals surface area contributed by atoms with E-state index in [4.69, 9.17) is 10.5 Å². The number of rotatable bonds is 2. The molecule has 2 aliphatic heterocycles. The number of hydrogen-bond acceptors (Lipinski definition) is 4. The number of nitrogens with two attached hydrogens (primary N) is 1. The van der Waals surface area contributed by atoms with Crippen LogP contribution in [0.2, 0.25) is 0 Å². The average Bonchev–Trinajstić information content (AvgIpc) is 3.03. The number of carbonyl (C=O) groups excluding carboxylic acids is 2. The monoisotopic (exact) mass is 337 g/mol. The molecule has 6 nitrogen and oxygen atoms in total. The molecule has 2 aromatic carbocycles. The predicted octanol–water partition coefficient (Wildman–Crippen LogP) is 1.58. The van der Waals surface area contributed by atoms with Gasteiger partial charge in [-0.2, -0.15) is 0 Å². The number of ether oxygens (including phenoxy) is 1. The highest BCUT2D eigenvalue weighted by Gasteiger charge is 2.34. The number of nitrogens with zero attached hydrogens (tertiary/aromatic N) is 1. The van der Waals surface area contributed by atoms with Crippen LogP contribution in [-0.4, -0.2) is 42.5 Å². The number of carbonyl (C=O) groups is 2. The first kappa shape index (κ1) is 15.7. The molecule has 0 aliphatic carbocycles. The van der Waals surface area contributed by atoms with Gasteiger partial charge < -0.3 is 20.7 Å². The van der Waals surface area contributed by atoms with Gasteiger partial charge in [-0.3, -0.25) is 9.59 Å². The van der Waals surface area contributed by atoms with E-state index >= 15 is 0 Å². The Kier molecular flexibility index (Phi) is 3.89. The van der Waals surface area contributed by atoms with Crippen LogP contribution < -0.4 is 15.8 Å². The minimum atomic E-state index is -0.218. The van der Waals surface area contributed by atoms with E-state index in [-0.39, 0.29) is 30.4 Å². The minimum absolute atomic E-state index is 0.0000271. The first-order valence-electron chi connectivity index (χ1n) is 8.28. The molecule has 128 valence electrons. The van der Waals surface area contributed by atoms with Crippen molar-refractivity contribution in [3.8, 4) is 5.75 Å². The second kappa shape index (κ2) is 6.22. The maximum atomic E-state index is 12.9. The van der Waals surface area contributed by atoms with Gasteiger partial charge in [-0.05, 0) is 23.8 Å². The van der Waals surface area contributed by atoms with Gasteiger partial charge in [0.15, 0.2) is 6.61 Å². The van der Waals surface area contributed by atoms with Crippen LogP contribution in [0.3, 0.4) is 0 Å². The summed E-state index contributed by atoms with van der Waals surface area (Å²) in [6.45, 7) is 1.10. The molecule has 0 spiro atoms. The third-order valence-electron chi connectivity index (χ3n) is 4.74. The molecule has 0 unspecified atom stereocenters. The fourth-order valence-corrected chi connectivity index (χ4v) is 3.45. The molecule has 2 aliphatic rings. The van der Waals surface area contributed by atoms with Gasteiger partial charge in [0, 0.05) is 30.6 Å². The zero-order valence-electron chi connectivity index (χ0n) is 13.6. The molecule has 1 fully saturated rings. The van der Waals surface area contributed by atoms with Crippen LogP contribution >= 0.6 is 0 Å². The lowest BCUT2D eigenvalue weighted by atomic mass is 9.95. The van der Waals surface area contributed by atoms with Crippen LogP contribution in [0.15, 0.2) is 48.5 Å². The summed E-state index contributed by atoms with van der Waals surface area (Å²) in [5.41, 5.74) is 8.48. The number of nitrogens with one attached hydrogen (secondary N) is 1. The van der Waals surface area contributed by atoms with Crippen molar-refractivity contribution in [1.29, 1.82) is 0 Å². The van der Waals surface area contributed by atoms with Gasteiger partial charge in [0.05, 0.1) is 5.69 Å². The molecule has 2 amide bonds. The molecule has 0 saturated carbocycles. The third kappa shape index (κ3) is 2.96. The average molecular weight is 337 g/mol.